The van der Waals surface area contributed by atoms with Crippen LogP contribution in [-0.2, 0) is 14.3 Å². The maximum atomic E-state index is 12.5. The summed E-state index contributed by atoms with van der Waals surface area (Å²) < 4.78 is 12.3. The van der Waals surface area contributed by atoms with Gasteiger partial charge in [0.15, 0.2) is 0 Å². The quantitative estimate of drug-likeness (QED) is 0.317. The second-order valence-electron chi connectivity index (χ2n) is 14.5. The maximum absolute atomic E-state index is 12.5. The lowest BCUT2D eigenvalue weighted by Gasteiger charge is -2.66. The van der Waals surface area contributed by atoms with Gasteiger partial charge in [0.05, 0.1) is 23.9 Å². The van der Waals surface area contributed by atoms with E-state index in [2.05, 4.69) is 48.5 Å². The molecule has 218 valence electrons. The van der Waals surface area contributed by atoms with Gasteiger partial charge >= 0.3 is 5.97 Å². The Morgan fingerprint density at radius 2 is 1.74 bits per heavy atom. The van der Waals surface area contributed by atoms with Crippen LogP contribution in [0.15, 0.2) is 11.1 Å². The van der Waals surface area contributed by atoms with E-state index in [1.165, 1.54) is 18.1 Å². The molecule has 0 aromatic rings. The Kier molecular flexibility index (Phi) is 8.27. The highest BCUT2D eigenvalue weighted by molar-refractivity contribution is 5.66. The number of methoxy groups -OCH3 is 1. The predicted molar refractivity (Wildman–Crippen MR) is 148 cm³/mol. The van der Waals surface area contributed by atoms with E-state index in [1.54, 1.807) is 7.11 Å². The van der Waals surface area contributed by atoms with Crippen molar-refractivity contribution >= 4 is 5.97 Å². The molecule has 0 heterocycles. The highest BCUT2D eigenvalue weighted by Crippen LogP contribution is 2.69. The third kappa shape index (κ3) is 4.59. The largest absolute Gasteiger partial charge is 0.462 e. The predicted octanol–water partition coefficient (Wildman–Crippen LogP) is 5.28. The topological polar surface area (TPSA) is 96.2 Å². The molecule has 0 radical (unpaired) electrons. The number of allylic oxidation sites excluding steroid dienone is 1. The molecule has 0 saturated heterocycles. The van der Waals surface area contributed by atoms with Gasteiger partial charge in [-0.3, -0.25) is 4.79 Å². The van der Waals surface area contributed by atoms with Crippen molar-refractivity contribution in [2.45, 2.75) is 130 Å². The average Bonchev–Trinajstić information content (AvgIpc) is 3.12. The first-order valence-corrected chi connectivity index (χ1v) is 15.1. The summed E-state index contributed by atoms with van der Waals surface area (Å²) in [6.45, 7) is 17.4. The van der Waals surface area contributed by atoms with Crippen LogP contribution in [-0.4, -0.2) is 58.4 Å². The van der Waals surface area contributed by atoms with Crippen LogP contribution in [0.1, 0.15) is 100 Å². The Morgan fingerprint density at radius 1 is 1.08 bits per heavy atom. The molecule has 4 rings (SSSR count). The fourth-order valence-corrected chi connectivity index (χ4v) is 9.89. The minimum absolute atomic E-state index is 0.00206. The number of fused-ring (bicyclic) bond motifs is 5. The zero-order chi connectivity index (χ0) is 28.4. The number of esters is 1. The second kappa shape index (κ2) is 10.5. The average molecular weight is 535 g/mol. The molecule has 4 fully saturated rings. The summed E-state index contributed by atoms with van der Waals surface area (Å²) in [4.78, 5) is 12.5. The smallest absolute Gasteiger partial charge is 0.302 e. The number of carbonyl (C=O) groups excluding carboxylic acids is 1. The van der Waals surface area contributed by atoms with Gasteiger partial charge in [0.1, 0.15) is 6.10 Å². The van der Waals surface area contributed by atoms with Gasteiger partial charge < -0.3 is 24.8 Å². The highest BCUT2D eigenvalue weighted by Gasteiger charge is 2.70. The van der Waals surface area contributed by atoms with Crippen molar-refractivity contribution in [3.8, 4) is 0 Å². The molecule has 0 amide bonds. The van der Waals surface area contributed by atoms with Gasteiger partial charge in [-0.1, -0.05) is 47.1 Å². The van der Waals surface area contributed by atoms with Gasteiger partial charge in [0.2, 0.25) is 0 Å². The summed E-state index contributed by atoms with van der Waals surface area (Å²) in [6, 6.07) is 0. The standard InChI is InChI=1S/C32H54O6/c1-17(2)20(5)18(3)12-19(4)28-25(37-9)14-24-23-13-27(35)32(36)15-22(34)10-11-31(32,8)29(23)26(38-21(6)33)16-30(24,28)7/h17-18,20,22-27,29,34-36H,10-16H2,1-9H3/b28-19+/t18-,20-,22+,23+,24+,25+,26-,27-,29-,30+,31-,32+/m1/s1. The number of aliphatic hydroxyl groups is 3. The molecule has 4 saturated carbocycles. The first-order valence-electron chi connectivity index (χ1n) is 15.1. The van der Waals surface area contributed by atoms with E-state index in [1.807, 2.05) is 0 Å². The van der Waals surface area contributed by atoms with Crippen molar-refractivity contribution in [2.75, 3.05) is 7.11 Å². The molecule has 0 aromatic heterocycles. The monoisotopic (exact) mass is 534 g/mol. The van der Waals surface area contributed by atoms with Gasteiger partial charge in [0.25, 0.3) is 0 Å². The van der Waals surface area contributed by atoms with E-state index in [-0.39, 0.29) is 47.8 Å². The molecule has 12 atom stereocenters. The summed E-state index contributed by atoms with van der Waals surface area (Å²) in [6.07, 6.45) is 2.49. The lowest BCUT2D eigenvalue weighted by molar-refractivity contribution is -0.281. The van der Waals surface area contributed by atoms with E-state index in [0.717, 1.165) is 12.8 Å². The number of aliphatic hydroxyl groups excluding tert-OH is 2. The number of rotatable bonds is 6. The Bertz CT molecular complexity index is 929. The van der Waals surface area contributed by atoms with Gasteiger partial charge in [-0.2, -0.15) is 0 Å². The molecule has 6 nitrogen and oxygen atoms in total. The molecule has 0 spiro atoms. The molecule has 3 N–H and O–H groups in total. The summed E-state index contributed by atoms with van der Waals surface area (Å²) in [5.74, 6) is 1.74. The van der Waals surface area contributed by atoms with Gasteiger partial charge in [-0.05, 0) is 86.0 Å². The third-order valence-corrected chi connectivity index (χ3v) is 12.2. The van der Waals surface area contributed by atoms with Crippen molar-refractivity contribution in [1.29, 1.82) is 0 Å². The van der Waals surface area contributed by atoms with Crippen molar-refractivity contribution in [2.24, 2.45) is 46.3 Å². The summed E-state index contributed by atoms with van der Waals surface area (Å²) in [5, 5.41) is 33.9. The van der Waals surface area contributed by atoms with E-state index in [9.17, 15) is 20.1 Å². The minimum Gasteiger partial charge on any atom is -0.462 e. The normalized spacial score (nSPS) is 47.6. The van der Waals surface area contributed by atoms with Crippen molar-refractivity contribution in [3.05, 3.63) is 11.1 Å². The van der Waals surface area contributed by atoms with Crippen LogP contribution in [0, 0.1) is 46.3 Å². The minimum atomic E-state index is -1.39. The molecule has 4 aliphatic carbocycles. The van der Waals surface area contributed by atoms with Gasteiger partial charge in [-0.25, -0.2) is 0 Å². The lowest BCUT2D eigenvalue weighted by Crippen LogP contribution is -2.71. The molecule has 0 aliphatic heterocycles. The maximum Gasteiger partial charge on any atom is 0.302 e. The lowest BCUT2D eigenvalue weighted by atomic mass is 9.42. The molecule has 6 heteroatoms. The van der Waals surface area contributed by atoms with Crippen LogP contribution < -0.4 is 0 Å². The number of hydrogen-bond donors (Lipinski definition) is 3. The van der Waals surface area contributed by atoms with Crippen LogP contribution in [0.4, 0.5) is 0 Å². The van der Waals surface area contributed by atoms with Crippen LogP contribution in [0.5, 0.6) is 0 Å². The number of ether oxygens (including phenoxy) is 2. The number of hydrogen-bond acceptors (Lipinski definition) is 6. The van der Waals surface area contributed by atoms with E-state index >= 15 is 0 Å². The SMILES string of the molecule is CO[C@H]1C[C@H]2[C@@H]3C[C@@H](O)[C@@]4(O)C[C@@H](O)CC[C@]4(C)[C@H]3[C@H](OC(C)=O)C[C@]2(C)/C1=C(\C)C[C@@H](C)[C@H](C)C(C)C. The molecule has 38 heavy (non-hydrogen) atoms. The molecular weight excluding hydrogens is 480 g/mol. The molecule has 0 aromatic carbocycles. The van der Waals surface area contributed by atoms with Crippen molar-refractivity contribution < 1.29 is 29.6 Å². The fourth-order valence-electron chi connectivity index (χ4n) is 9.89. The first-order chi connectivity index (χ1) is 17.6. The molecular formula is C32H54O6. The van der Waals surface area contributed by atoms with Crippen molar-refractivity contribution in [3.63, 3.8) is 0 Å². The Balaban J connectivity index is 1.79. The fraction of sp³-hybridized carbons (Fsp3) is 0.906. The summed E-state index contributed by atoms with van der Waals surface area (Å²) in [7, 11) is 1.80. The second-order valence-corrected chi connectivity index (χ2v) is 14.5. The van der Waals surface area contributed by atoms with Crippen LogP contribution in [0.25, 0.3) is 0 Å². The summed E-state index contributed by atoms with van der Waals surface area (Å²) in [5.41, 5.74) is 0.493. The molecule has 4 aliphatic rings. The van der Waals surface area contributed by atoms with Crippen LogP contribution in [0.2, 0.25) is 0 Å². The van der Waals surface area contributed by atoms with Crippen LogP contribution in [0.3, 0.4) is 0 Å². The Morgan fingerprint density at radius 3 is 2.32 bits per heavy atom. The van der Waals surface area contributed by atoms with E-state index in [0.29, 0.717) is 43.4 Å². The van der Waals surface area contributed by atoms with E-state index < -0.39 is 23.2 Å². The zero-order valence-corrected chi connectivity index (χ0v) is 25.3. The molecule has 0 unspecified atom stereocenters. The third-order valence-electron chi connectivity index (χ3n) is 12.2. The molecule has 0 bridgehead atoms. The van der Waals surface area contributed by atoms with Gasteiger partial charge in [-0.15, -0.1) is 0 Å². The summed E-state index contributed by atoms with van der Waals surface area (Å²) >= 11 is 0. The Labute approximate surface area is 230 Å². The van der Waals surface area contributed by atoms with Crippen LogP contribution >= 0.6 is 0 Å². The number of carbonyl (C=O) groups is 1. The van der Waals surface area contributed by atoms with Crippen molar-refractivity contribution in [1.82, 2.24) is 0 Å². The van der Waals surface area contributed by atoms with E-state index in [4.69, 9.17) is 9.47 Å². The first kappa shape index (κ1) is 30.0. The Hall–Kier alpha value is -0.950. The van der Waals surface area contributed by atoms with Gasteiger partial charge in [0, 0.05) is 31.8 Å². The highest BCUT2D eigenvalue weighted by atomic mass is 16.5. The zero-order valence-electron chi connectivity index (χ0n) is 25.3.